The molecule has 2 N–H and O–H groups in total. The van der Waals surface area contributed by atoms with Crippen molar-refractivity contribution >= 4 is 39.6 Å². The highest BCUT2D eigenvalue weighted by atomic mass is 79.9. The molecule has 0 heterocycles. The zero-order chi connectivity index (χ0) is 20.0. The van der Waals surface area contributed by atoms with E-state index in [-0.39, 0.29) is 5.69 Å². The Hall–Kier alpha value is -3.07. The Labute approximate surface area is 163 Å². The number of carbonyl (C=O) groups excluding carboxylic acids is 2. The molecule has 0 spiro atoms. The van der Waals surface area contributed by atoms with Crippen LogP contribution in [-0.4, -0.2) is 29.0 Å². The molecule has 0 aliphatic carbocycles. The van der Waals surface area contributed by atoms with Crippen molar-refractivity contribution in [3.63, 3.8) is 0 Å². The molecular formula is C18H17BrN4O4. The van der Waals surface area contributed by atoms with Gasteiger partial charge in [-0.2, -0.15) is 5.10 Å². The molecule has 0 radical (unpaired) electrons. The van der Waals surface area contributed by atoms with Crippen molar-refractivity contribution in [2.45, 2.75) is 19.9 Å². The first kappa shape index (κ1) is 20.2. The van der Waals surface area contributed by atoms with Crippen molar-refractivity contribution in [1.82, 2.24) is 10.7 Å². The van der Waals surface area contributed by atoms with Gasteiger partial charge in [-0.15, -0.1) is 0 Å². The number of nitro benzene ring substituents is 1. The van der Waals surface area contributed by atoms with E-state index in [1.807, 2.05) is 0 Å². The molecular weight excluding hydrogens is 416 g/mol. The maximum absolute atomic E-state index is 12.2. The Balaban J connectivity index is 1.96. The number of hydrogen-bond acceptors (Lipinski definition) is 5. The second-order valence-electron chi connectivity index (χ2n) is 5.71. The van der Waals surface area contributed by atoms with E-state index in [2.05, 4.69) is 31.8 Å². The molecule has 0 aliphatic heterocycles. The van der Waals surface area contributed by atoms with Crippen LogP contribution in [0.3, 0.4) is 0 Å². The fourth-order valence-electron chi connectivity index (χ4n) is 2.16. The van der Waals surface area contributed by atoms with Crippen LogP contribution in [0.1, 0.15) is 28.4 Å². The number of halogens is 1. The third-order valence-corrected chi connectivity index (χ3v) is 4.37. The Bertz CT molecular complexity index is 914. The lowest BCUT2D eigenvalue weighted by atomic mass is 10.1. The van der Waals surface area contributed by atoms with Crippen LogP contribution in [0, 0.1) is 17.0 Å². The number of rotatable bonds is 6. The highest BCUT2D eigenvalue weighted by molar-refractivity contribution is 9.10. The van der Waals surface area contributed by atoms with E-state index in [0.717, 1.165) is 0 Å². The van der Waals surface area contributed by atoms with Crippen LogP contribution in [0.4, 0.5) is 5.69 Å². The smallest absolute Gasteiger partial charge is 0.272 e. The molecule has 27 heavy (non-hydrogen) atoms. The van der Waals surface area contributed by atoms with E-state index in [0.29, 0.717) is 21.2 Å². The van der Waals surface area contributed by atoms with Crippen molar-refractivity contribution in [3.05, 3.63) is 73.7 Å². The SMILES string of the molecule is Cc1ccc(C=NNC(=O)C(C)NC(=O)c2ccccc2Br)cc1[N+](=O)[O-]. The van der Waals surface area contributed by atoms with Crippen molar-refractivity contribution in [1.29, 1.82) is 0 Å². The van der Waals surface area contributed by atoms with Crippen molar-refractivity contribution < 1.29 is 14.5 Å². The van der Waals surface area contributed by atoms with Crippen LogP contribution < -0.4 is 10.7 Å². The van der Waals surface area contributed by atoms with Crippen molar-refractivity contribution in [2.75, 3.05) is 0 Å². The van der Waals surface area contributed by atoms with Gasteiger partial charge in [-0.25, -0.2) is 5.43 Å². The highest BCUT2D eigenvalue weighted by Crippen LogP contribution is 2.18. The summed E-state index contributed by atoms with van der Waals surface area (Å²) in [6, 6.07) is 10.6. The van der Waals surface area contributed by atoms with Gasteiger partial charge >= 0.3 is 0 Å². The summed E-state index contributed by atoms with van der Waals surface area (Å²) >= 11 is 3.28. The summed E-state index contributed by atoms with van der Waals surface area (Å²) < 4.78 is 0.620. The lowest BCUT2D eigenvalue weighted by molar-refractivity contribution is -0.385. The van der Waals surface area contributed by atoms with Crippen LogP contribution in [0.5, 0.6) is 0 Å². The van der Waals surface area contributed by atoms with Gasteiger partial charge in [0.1, 0.15) is 6.04 Å². The molecule has 2 aromatic carbocycles. The largest absolute Gasteiger partial charge is 0.340 e. The standard InChI is InChI=1S/C18H17BrN4O4/c1-11-7-8-13(9-16(11)23(26)27)10-20-22-17(24)12(2)21-18(25)14-5-3-4-6-15(14)19/h3-10,12H,1-2H3,(H,21,25)(H,22,24). The summed E-state index contributed by atoms with van der Waals surface area (Å²) in [4.78, 5) is 34.7. The average molecular weight is 433 g/mol. The molecule has 0 aromatic heterocycles. The summed E-state index contributed by atoms with van der Waals surface area (Å²) in [5.41, 5.74) is 3.68. The fourth-order valence-corrected chi connectivity index (χ4v) is 2.62. The van der Waals surface area contributed by atoms with E-state index in [9.17, 15) is 19.7 Å². The number of amides is 2. The number of nitrogens with one attached hydrogen (secondary N) is 2. The van der Waals surface area contributed by atoms with Gasteiger partial charge in [0.2, 0.25) is 0 Å². The second-order valence-corrected chi connectivity index (χ2v) is 6.57. The normalized spacial score (nSPS) is 11.8. The molecule has 0 fully saturated rings. The highest BCUT2D eigenvalue weighted by Gasteiger charge is 2.17. The minimum atomic E-state index is -0.825. The van der Waals surface area contributed by atoms with E-state index in [1.54, 1.807) is 43.3 Å². The minimum absolute atomic E-state index is 0.0284. The Morgan fingerprint density at radius 3 is 2.63 bits per heavy atom. The number of benzene rings is 2. The Kier molecular flexibility index (Phi) is 6.78. The van der Waals surface area contributed by atoms with Gasteiger partial charge in [-0.05, 0) is 41.9 Å². The lowest BCUT2D eigenvalue weighted by Crippen LogP contribution is -2.43. The first-order chi connectivity index (χ1) is 12.8. The zero-order valence-electron chi connectivity index (χ0n) is 14.6. The molecule has 9 heteroatoms. The number of hydrogen-bond donors (Lipinski definition) is 2. The maximum Gasteiger partial charge on any atom is 0.272 e. The van der Waals surface area contributed by atoms with Gasteiger partial charge in [-0.3, -0.25) is 19.7 Å². The molecule has 2 rings (SSSR count). The fraction of sp³-hybridized carbons (Fsp3) is 0.167. The monoisotopic (exact) mass is 432 g/mol. The van der Waals surface area contributed by atoms with Gasteiger partial charge in [0.25, 0.3) is 17.5 Å². The summed E-state index contributed by atoms with van der Waals surface area (Å²) in [5, 5.41) is 17.3. The quantitative estimate of drug-likeness (QED) is 0.414. The molecule has 1 unspecified atom stereocenters. The molecule has 140 valence electrons. The van der Waals surface area contributed by atoms with Crippen LogP contribution in [0.2, 0.25) is 0 Å². The molecule has 8 nitrogen and oxygen atoms in total. The second kappa shape index (κ2) is 9.04. The van der Waals surface area contributed by atoms with E-state index < -0.39 is 22.8 Å². The van der Waals surface area contributed by atoms with Crippen molar-refractivity contribution in [3.8, 4) is 0 Å². The predicted octanol–water partition coefficient (Wildman–Crippen LogP) is 2.93. The number of nitrogens with zero attached hydrogens (tertiary/aromatic N) is 2. The topological polar surface area (TPSA) is 114 Å². The van der Waals surface area contributed by atoms with Crippen LogP contribution in [-0.2, 0) is 4.79 Å². The van der Waals surface area contributed by atoms with Gasteiger partial charge in [0, 0.05) is 21.7 Å². The van der Waals surface area contributed by atoms with Crippen LogP contribution in [0.25, 0.3) is 0 Å². The summed E-state index contributed by atoms with van der Waals surface area (Å²) in [7, 11) is 0. The maximum atomic E-state index is 12.2. The Morgan fingerprint density at radius 1 is 1.26 bits per heavy atom. The number of hydrazone groups is 1. The molecule has 2 amide bonds. The summed E-state index contributed by atoms with van der Waals surface area (Å²) in [6.07, 6.45) is 1.30. The van der Waals surface area contributed by atoms with Crippen LogP contribution >= 0.6 is 15.9 Å². The first-order valence-corrected chi connectivity index (χ1v) is 8.72. The lowest BCUT2D eigenvalue weighted by Gasteiger charge is -2.12. The number of carbonyl (C=O) groups is 2. The predicted molar refractivity (Wildman–Crippen MR) is 105 cm³/mol. The Morgan fingerprint density at radius 2 is 1.96 bits per heavy atom. The molecule has 0 bridgehead atoms. The summed E-state index contributed by atoms with van der Waals surface area (Å²) in [5.74, 6) is -0.920. The van der Waals surface area contributed by atoms with Crippen molar-refractivity contribution in [2.24, 2.45) is 5.10 Å². The van der Waals surface area contributed by atoms with E-state index in [1.165, 1.54) is 19.2 Å². The van der Waals surface area contributed by atoms with Gasteiger partial charge < -0.3 is 5.32 Å². The van der Waals surface area contributed by atoms with Gasteiger partial charge in [0.05, 0.1) is 16.7 Å². The molecule has 0 saturated heterocycles. The van der Waals surface area contributed by atoms with Gasteiger partial charge in [0.15, 0.2) is 0 Å². The minimum Gasteiger partial charge on any atom is -0.340 e. The number of nitro groups is 1. The number of aryl methyl sites for hydroxylation is 1. The molecule has 2 aromatic rings. The van der Waals surface area contributed by atoms with Crippen LogP contribution in [0.15, 0.2) is 52.0 Å². The zero-order valence-corrected chi connectivity index (χ0v) is 16.2. The average Bonchev–Trinajstić information content (AvgIpc) is 2.62. The third-order valence-electron chi connectivity index (χ3n) is 3.68. The third kappa shape index (κ3) is 5.45. The van der Waals surface area contributed by atoms with E-state index in [4.69, 9.17) is 0 Å². The summed E-state index contributed by atoms with van der Waals surface area (Å²) in [6.45, 7) is 3.16. The molecule has 1 atom stereocenters. The molecule has 0 aliphatic rings. The van der Waals surface area contributed by atoms with Gasteiger partial charge in [-0.1, -0.05) is 24.3 Å². The molecule has 0 saturated carbocycles. The van der Waals surface area contributed by atoms with E-state index >= 15 is 0 Å². The first-order valence-electron chi connectivity index (χ1n) is 7.93.